The Morgan fingerprint density at radius 3 is 2.85 bits per heavy atom. The Hall–Kier alpha value is -0.530. The summed E-state index contributed by atoms with van der Waals surface area (Å²) in [5.74, 6) is 2.16. The molecule has 3 atom stereocenters. The first-order chi connectivity index (χ1) is 6.30. The summed E-state index contributed by atoms with van der Waals surface area (Å²) >= 11 is 0. The lowest BCUT2D eigenvalue weighted by molar-refractivity contribution is -0.122. The Morgan fingerprint density at radius 1 is 1.31 bits per heavy atom. The quantitative estimate of drug-likeness (QED) is 0.602. The summed E-state index contributed by atoms with van der Waals surface area (Å²) < 4.78 is 0. The average Bonchev–Trinajstić information content (AvgIpc) is 2.49. The lowest BCUT2D eigenvalue weighted by atomic mass is 9.49. The van der Waals surface area contributed by atoms with Crippen LogP contribution in [0.2, 0.25) is 0 Å². The van der Waals surface area contributed by atoms with Crippen LogP contribution >= 0.6 is 0 Å². The third kappa shape index (κ3) is 0.976. The number of carbonyl (C=O) groups excluding carboxylic acids is 1. The van der Waals surface area contributed by atoms with Crippen LogP contribution in [-0.2, 0) is 4.79 Å². The minimum Gasteiger partial charge on any atom is -0.356 e. The smallest absolute Gasteiger partial charge is 0.220 e. The molecule has 1 spiro atoms. The van der Waals surface area contributed by atoms with Crippen molar-refractivity contribution in [2.24, 2.45) is 17.3 Å². The Labute approximate surface area is 79.1 Å². The van der Waals surface area contributed by atoms with Crippen LogP contribution in [0.1, 0.15) is 38.5 Å². The first-order valence-corrected chi connectivity index (χ1v) is 5.57. The molecule has 0 aromatic heterocycles. The van der Waals surface area contributed by atoms with Gasteiger partial charge in [0.25, 0.3) is 0 Å². The zero-order valence-electron chi connectivity index (χ0n) is 8.01. The highest BCUT2D eigenvalue weighted by Gasteiger charge is 2.56. The van der Waals surface area contributed by atoms with E-state index < -0.39 is 0 Å². The van der Waals surface area contributed by atoms with Crippen molar-refractivity contribution in [3.63, 3.8) is 0 Å². The molecule has 1 amide bonds. The largest absolute Gasteiger partial charge is 0.356 e. The van der Waals surface area contributed by atoms with Crippen molar-refractivity contribution < 1.29 is 4.79 Å². The molecule has 13 heavy (non-hydrogen) atoms. The fourth-order valence-corrected chi connectivity index (χ4v) is 3.90. The molecule has 0 bridgehead atoms. The molecule has 1 N–H and O–H groups in total. The highest BCUT2D eigenvalue weighted by molar-refractivity contribution is 5.79. The molecular formula is C11H17NO. The molecular weight excluding hydrogens is 162 g/mol. The lowest BCUT2D eigenvalue weighted by Gasteiger charge is -2.55. The van der Waals surface area contributed by atoms with Gasteiger partial charge >= 0.3 is 0 Å². The third-order valence-electron chi connectivity index (χ3n) is 4.51. The zero-order chi connectivity index (χ0) is 8.89. The second-order valence-electron chi connectivity index (χ2n) is 5.17. The van der Waals surface area contributed by atoms with Gasteiger partial charge in [-0.3, -0.25) is 4.79 Å². The van der Waals surface area contributed by atoms with E-state index in [1.54, 1.807) is 0 Å². The molecule has 3 aliphatic rings. The molecule has 3 fully saturated rings. The van der Waals surface area contributed by atoms with E-state index in [-0.39, 0.29) is 0 Å². The van der Waals surface area contributed by atoms with Crippen molar-refractivity contribution in [3.8, 4) is 0 Å². The van der Waals surface area contributed by atoms with Gasteiger partial charge in [0.1, 0.15) is 0 Å². The summed E-state index contributed by atoms with van der Waals surface area (Å²) in [7, 11) is 0. The Balaban J connectivity index is 1.77. The molecule has 2 nitrogen and oxygen atoms in total. The van der Waals surface area contributed by atoms with E-state index in [9.17, 15) is 4.79 Å². The number of hydrogen-bond acceptors (Lipinski definition) is 1. The van der Waals surface area contributed by atoms with Gasteiger partial charge in [0, 0.05) is 13.0 Å². The minimum absolute atomic E-state index is 0.295. The maximum Gasteiger partial charge on any atom is 0.220 e. The summed E-state index contributed by atoms with van der Waals surface area (Å²) in [5.41, 5.74) is 0.419. The fourth-order valence-electron chi connectivity index (χ4n) is 3.90. The predicted molar refractivity (Wildman–Crippen MR) is 50.1 cm³/mol. The minimum atomic E-state index is 0.295. The van der Waals surface area contributed by atoms with E-state index in [4.69, 9.17) is 0 Å². The fraction of sp³-hybridized carbons (Fsp3) is 0.909. The second-order valence-corrected chi connectivity index (χ2v) is 5.17. The molecule has 0 aromatic rings. The summed E-state index contributed by atoms with van der Waals surface area (Å²) in [4.78, 5) is 11.2. The SMILES string of the molecule is O=C1CC2(CN1)CC1CCCCC12. The average molecular weight is 179 g/mol. The van der Waals surface area contributed by atoms with E-state index in [2.05, 4.69) is 5.32 Å². The van der Waals surface area contributed by atoms with Gasteiger partial charge in [0.15, 0.2) is 0 Å². The van der Waals surface area contributed by atoms with Crippen LogP contribution in [0.15, 0.2) is 0 Å². The van der Waals surface area contributed by atoms with Crippen molar-refractivity contribution in [2.75, 3.05) is 6.54 Å². The third-order valence-corrected chi connectivity index (χ3v) is 4.51. The van der Waals surface area contributed by atoms with Crippen molar-refractivity contribution in [1.29, 1.82) is 0 Å². The monoisotopic (exact) mass is 179 g/mol. The predicted octanol–water partition coefficient (Wildman–Crippen LogP) is 1.70. The number of amides is 1. The van der Waals surface area contributed by atoms with Crippen LogP contribution in [0, 0.1) is 17.3 Å². The number of hydrogen-bond donors (Lipinski definition) is 1. The van der Waals surface area contributed by atoms with Crippen LogP contribution in [0.3, 0.4) is 0 Å². The highest BCUT2D eigenvalue weighted by Crippen LogP contribution is 2.60. The molecule has 0 aromatic carbocycles. The van der Waals surface area contributed by atoms with Gasteiger partial charge in [-0.1, -0.05) is 19.3 Å². The lowest BCUT2D eigenvalue weighted by Crippen LogP contribution is -2.50. The number of carbonyl (C=O) groups is 1. The standard InChI is InChI=1S/C11H17NO/c13-10-6-11(7-12-10)5-8-3-1-2-4-9(8)11/h8-9H,1-7H2,(H,12,13). The van der Waals surface area contributed by atoms with E-state index >= 15 is 0 Å². The van der Waals surface area contributed by atoms with E-state index in [0.29, 0.717) is 11.3 Å². The van der Waals surface area contributed by atoms with Gasteiger partial charge in [0.05, 0.1) is 0 Å². The summed E-state index contributed by atoms with van der Waals surface area (Å²) in [6.45, 7) is 0.979. The molecule has 1 heterocycles. The van der Waals surface area contributed by atoms with E-state index in [1.165, 1.54) is 32.1 Å². The Kier molecular flexibility index (Phi) is 1.50. The molecule has 1 aliphatic heterocycles. The first kappa shape index (κ1) is 7.84. The second kappa shape index (κ2) is 2.49. The molecule has 2 saturated carbocycles. The van der Waals surface area contributed by atoms with Gasteiger partial charge in [0.2, 0.25) is 5.91 Å². The Bertz CT molecular complexity index is 250. The summed E-state index contributed by atoms with van der Waals surface area (Å²) in [6.07, 6.45) is 7.81. The van der Waals surface area contributed by atoms with Crippen molar-refractivity contribution in [1.82, 2.24) is 5.32 Å². The molecule has 2 aliphatic carbocycles. The van der Waals surface area contributed by atoms with Gasteiger partial charge < -0.3 is 5.32 Å². The summed E-state index contributed by atoms with van der Waals surface area (Å²) in [6, 6.07) is 0. The Morgan fingerprint density at radius 2 is 2.15 bits per heavy atom. The van der Waals surface area contributed by atoms with Crippen LogP contribution < -0.4 is 5.32 Å². The maximum absolute atomic E-state index is 11.2. The van der Waals surface area contributed by atoms with E-state index in [1.807, 2.05) is 0 Å². The molecule has 72 valence electrons. The van der Waals surface area contributed by atoms with Gasteiger partial charge in [-0.05, 0) is 30.1 Å². The number of rotatable bonds is 0. The van der Waals surface area contributed by atoms with Gasteiger partial charge in [-0.25, -0.2) is 0 Å². The van der Waals surface area contributed by atoms with E-state index in [0.717, 1.165) is 24.8 Å². The summed E-state index contributed by atoms with van der Waals surface area (Å²) in [5, 5.41) is 3.01. The normalized spacial score (nSPS) is 48.5. The van der Waals surface area contributed by atoms with Gasteiger partial charge in [-0.15, -0.1) is 0 Å². The van der Waals surface area contributed by atoms with Crippen LogP contribution in [-0.4, -0.2) is 12.5 Å². The number of fused-ring (bicyclic) bond motifs is 2. The highest BCUT2D eigenvalue weighted by atomic mass is 16.1. The molecule has 0 radical (unpaired) electrons. The van der Waals surface area contributed by atoms with Crippen LogP contribution in [0.25, 0.3) is 0 Å². The topological polar surface area (TPSA) is 29.1 Å². The first-order valence-electron chi connectivity index (χ1n) is 5.57. The van der Waals surface area contributed by atoms with Crippen molar-refractivity contribution in [3.05, 3.63) is 0 Å². The molecule has 3 rings (SSSR count). The van der Waals surface area contributed by atoms with Gasteiger partial charge in [-0.2, -0.15) is 0 Å². The van der Waals surface area contributed by atoms with Crippen LogP contribution in [0.4, 0.5) is 0 Å². The van der Waals surface area contributed by atoms with Crippen molar-refractivity contribution >= 4 is 5.91 Å². The van der Waals surface area contributed by atoms with Crippen molar-refractivity contribution in [2.45, 2.75) is 38.5 Å². The zero-order valence-corrected chi connectivity index (χ0v) is 8.01. The molecule has 1 saturated heterocycles. The number of nitrogens with one attached hydrogen (secondary N) is 1. The maximum atomic E-state index is 11.2. The molecule has 3 unspecified atom stereocenters. The van der Waals surface area contributed by atoms with Crippen LogP contribution in [0.5, 0.6) is 0 Å². The molecule has 2 heteroatoms.